The van der Waals surface area contributed by atoms with Crippen LogP contribution in [0.15, 0.2) is 23.5 Å². The highest BCUT2D eigenvalue weighted by Gasteiger charge is 2.20. The van der Waals surface area contributed by atoms with Gasteiger partial charge in [-0.3, -0.25) is 10.4 Å². The lowest BCUT2D eigenvalue weighted by Gasteiger charge is -2.35. The number of anilines is 1. The van der Waals surface area contributed by atoms with Gasteiger partial charge in [-0.25, -0.2) is 15.8 Å². The van der Waals surface area contributed by atoms with Crippen molar-refractivity contribution in [3.05, 3.63) is 18.5 Å². The maximum Gasteiger partial charge on any atom is 0.225 e. The third kappa shape index (κ3) is 2.86. The molecule has 0 aliphatic carbocycles. The van der Waals surface area contributed by atoms with Gasteiger partial charge in [-0.15, -0.1) is 0 Å². The summed E-state index contributed by atoms with van der Waals surface area (Å²) in [6.45, 7) is 6.18. The van der Waals surface area contributed by atoms with Crippen molar-refractivity contribution < 1.29 is 0 Å². The molecule has 7 heteroatoms. The van der Waals surface area contributed by atoms with E-state index in [1.54, 1.807) is 12.4 Å². The number of aromatic nitrogens is 2. The number of guanidine groups is 1. The molecule has 0 radical (unpaired) electrons. The van der Waals surface area contributed by atoms with Crippen molar-refractivity contribution >= 4 is 11.9 Å². The highest BCUT2D eigenvalue weighted by molar-refractivity contribution is 5.79. The second kappa shape index (κ2) is 6.15. The van der Waals surface area contributed by atoms with E-state index in [1.807, 2.05) is 13.0 Å². The third-order valence-electron chi connectivity index (χ3n) is 2.85. The summed E-state index contributed by atoms with van der Waals surface area (Å²) in [5.41, 5.74) is 2.65. The number of nitrogens with two attached hydrogens (primary N) is 1. The molecule has 1 fully saturated rings. The van der Waals surface area contributed by atoms with E-state index in [1.165, 1.54) is 0 Å². The van der Waals surface area contributed by atoms with Crippen LogP contribution in [0.4, 0.5) is 5.95 Å². The number of nitrogens with zero attached hydrogens (tertiary/aromatic N) is 5. The molecule has 0 unspecified atom stereocenters. The number of piperazine rings is 1. The Morgan fingerprint density at radius 2 is 2.00 bits per heavy atom. The molecule has 98 valence electrons. The lowest BCUT2D eigenvalue weighted by molar-refractivity contribution is 0.370. The molecule has 0 saturated carbocycles. The monoisotopic (exact) mass is 249 g/mol. The summed E-state index contributed by atoms with van der Waals surface area (Å²) in [5.74, 6) is 7.01. The highest BCUT2D eigenvalue weighted by Crippen LogP contribution is 2.09. The van der Waals surface area contributed by atoms with E-state index in [4.69, 9.17) is 5.84 Å². The second-order valence-corrected chi connectivity index (χ2v) is 3.97. The zero-order valence-electron chi connectivity index (χ0n) is 10.6. The molecule has 0 amide bonds. The maximum atomic E-state index is 5.47. The molecule has 0 spiro atoms. The second-order valence-electron chi connectivity index (χ2n) is 3.97. The lowest BCUT2D eigenvalue weighted by Crippen LogP contribution is -2.54. The van der Waals surface area contributed by atoms with Crippen LogP contribution in [0.3, 0.4) is 0 Å². The van der Waals surface area contributed by atoms with Gasteiger partial charge in [0.2, 0.25) is 11.9 Å². The van der Waals surface area contributed by atoms with E-state index < -0.39 is 0 Å². The van der Waals surface area contributed by atoms with Crippen LogP contribution in [0.2, 0.25) is 0 Å². The van der Waals surface area contributed by atoms with Crippen LogP contribution in [0.25, 0.3) is 0 Å². The largest absolute Gasteiger partial charge is 0.338 e. The molecule has 1 saturated heterocycles. The van der Waals surface area contributed by atoms with Gasteiger partial charge in [0.05, 0.1) is 0 Å². The first-order chi connectivity index (χ1) is 8.85. The van der Waals surface area contributed by atoms with Crippen LogP contribution in [0.1, 0.15) is 6.92 Å². The molecule has 1 aliphatic rings. The first-order valence-corrected chi connectivity index (χ1v) is 6.13. The number of rotatable bonds is 2. The Hall–Kier alpha value is -1.89. The van der Waals surface area contributed by atoms with Crippen LogP contribution < -0.4 is 16.2 Å². The molecule has 2 heterocycles. The zero-order chi connectivity index (χ0) is 12.8. The van der Waals surface area contributed by atoms with E-state index in [-0.39, 0.29) is 0 Å². The minimum atomic E-state index is 0.724. The molecular formula is C11H19N7. The molecule has 0 bridgehead atoms. The Kier molecular flexibility index (Phi) is 4.30. The number of hydrazine groups is 1. The van der Waals surface area contributed by atoms with Gasteiger partial charge in [0.15, 0.2) is 0 Å². The number of hydrogen-bond acceptors (Lipinski definition) is 5. The molecule has 3 N–H and O–H groups in total. The molecule has 0 atom stereocenters. The third-order valence-corrected chi connectivity index (χ3v) is 2.85. The van der Waals surface area contributed by atoms with E-state index >= 15 is 0 Å². The summed E-state index contributed by atoms with van der Waals surface area (Å²) in [6, 6.07) is 1.82. The minimum Gasteiger partial charge on any atom is -0.338 e. The van der Waals surface area contributed by atoms with Gasteiger partial charge >= 0.3 is 0 Å². The molecular weight excluding hydrogens is 230 g/mol. The molecule has 18 heavy (non-hydrogen) atoms. The summed E-state index contributed by atoms with van der Waals surface area (Å²) >= 11 is 0. The molecule has 0 aromatic carbocycles. The Labute approximate surface area is 107 Å². The molecule has 1 aromatic heterocycles. The normalized spacial score (nSPS) is 16.9. The fourth-order valence-corrected chi connectivity index (χ4v) is 1.96. The first-order valence-electron chi connectivity index (χ1n) is 6.13. The lowest BCUT2D eigenvalue weighted by atomic mass is 10.3. The van der Waals surface area contributed by atoms with Gasteiger partial charge in [0.1, 0.15) is 0 Å². The van der Waals surface area contributed by atoms with Crippen molar-refractivity contribution in [2.75, 3.05) is 37.6 Å². The van der Waals surface area contributed by atoms with Crippen molar-refractivity contribution in [1.29, 1.82) is 0 Å². The first kappa shape index (κ1) is 12.6. The van der Waals surface area contributed by atoms with Crippen molar-refractivity contribution in [1.82, 2.24) is 20.3 Å². The van der Waals surface area contributed by atoms with Gasteiger partial charge < -0.3 is 9.80 Å². The van der Waals surface area contributed by atoms with Gasteiger partial charge in [-0.05, 0) is 13.0 Å². The van der Waals surface area contributed by atoms with Gasteiger partial charge in [-0.1, -0.05) is 0 Å². The quantitative estimate of drug-likeness (QED) is 0.316. The van der Waals surface area contributed by atoms with Gasteiger partial charge in [-0.2, -0.15) is 0 Å². The predicted molar refractivity (Wildman–Crippen MR) is 71.1 cm³/mol. The number of hydrogen-bond donors (Lipinski definition) is 2. The highest BCUT2D eigenvalue weighted by atomic mass is 15.4. The van der Waals surface area contributed by atoms with Crippen molar-refractivity contribution in [2.24, 2.45) is 10.8 Å². The Bertz CT molecular complexity index is 384. The Morgan fingerprint density at radius 1 is 1.33 bits per heavy atom. The number of aliphatic imine (C=N–C) groups is 1. The maximum absolute atomic E-state index is 5.47. The van der Waals surface area contributed by atoms with Gasteiger partial charge in [0.25, 0.3) is 0 Å². The smallest absolute Gasteiger partial charge is 0.225 e. The topological polar surface area (TPSA) is 82.7 Å². The van der Waals surface area contributed by atoms with Crippen LogP contribution >= 0.6 is 0 Å². The fraction of sp³-hybridized carbons (Fsp3) is 0.545. The predicted octanol–water partition coefficient (Wildman–Crippen LogP) is -0.562. The summed E-state index contributed by atoms with van der Waals surface area (Å²) in [6.07, 6.45) is 3.53. The Balaban J connectivity index is 1.94. The molecule has 2 rings (SSSR count). The summed E-state index contributed by atoms with van der Waals surface area (Å²) in [5, 5.41) is 0. The molecule has 1 aliphatic heterocycles. The SMILES string of the molecule is CCN=C(NN)N1CCN(c2ncccn2)CC1. The summed E-state index contributed by atoms with van der Waals surface area (Å²) in [4.78, 5) is 17.1. The van der Waals surface area contributed by atoms with Gasteiger partial charge in [0, 0.05) is 45.1 Å². The molecule has 7 nitrogen and oxygen atoms in total. The van der Waals surface area contributed by atoms with E-state index in [9.17, 15) is 0 Å². The summed E-state index contributed by atoms with van der Waals surface area (Å²) in [7, 11) is 0. The zero-order valence-corrected chi connectivity index (χ0v) is 10.6. The van der Waals surface area contributed by atoms with Crippen LogP contribution in [0, 0.1) is 0 Å². The van der Waals surface area contributed by atoms with E-state index in [0.717, 1.165) is 44.6 Å². The summed E-state index contributed by atoms with van der Waals surface area (Å²) < 4.78 is 0. The van der Waals surface area contributed by atoms with Crippen molar-refractivity contribution in [3.8, 4) is 0 Å². The standard InChI is InChI=1S/C11H19N7/c1-2-13-11(16-12)18-8-6-17(7-9-18)10-14-4-3-5-15-10/h3-5H,2,6-9,12H2,1H3,(H,13,16). The Morgan fingerprint density at radius 3 is 2.56 bits per heavy atom. The number of nitrogens with one attached hydrogen (secondary N) is 1. The van der Waals surface area contributed by atoms with Crippen LogP contribution in [0.5, 0.6) is 0 Å². The minimum absolute atomic E-state index is 0.724. The van der Waals surface area contributed by atoms with Crippen LogP contribution in [-0.4, -0.2) is 53.6 Å². The van der Waals surface area contributed by atoms with E-state index in [2.05, 4.69) is 30.2 Å². The fourth-order valence-electron chi connectivity index (χ4n) is 1.96. The van der Waals surface area contributed by atoms with E-state index in [0.29, 0.717) is 0 Å². The van der Waals surface area contributed by atoms with Crippen molar-refractivity contribution in [2.45, 2.75) is 6.92 Å². The average molecular weight is 249 g/mol. The van der Waals surface area contributed by atoms with Crippen LogP contribution in [-0.2, 0) is 0 Å². The molecule has 1 aromatic rings. The average Bonchev–Trinajstić information content (AvgIpc) is 2.46. The van der Waals surface area contributed by atoms with Crippen molar-refractivity contribution in [3.63, 3.8) is 0 Å².